The monoisotopic (exact) mass is 237 g/mol. The largest absolute Gasteiger partial charge is 0.366 e. The zero-order valence-corrected chi connectivity index (χ0v) is 10.0. The minimum absolute atomic E-state index is 0.372. The lowest BCUT2D eigenvalue weighted by Crippen LogP contribution is -2.15. The molecular formula is C16H15NO. The Morgan fingerprint density at radius 1 is 0.944 bits per heavy atom. The van der Waals surface area contributed by atoms with Crippen molar-refractivity contribution in [1.82, 2.24) is 0 Å². The van der Waals surface area contributed by atoms with Crippen molar-refractivity contribution in [3.8, 4) is 0 Å². The topological polar surface area (TPSA) is 43.1 Å². The van der Waals surface area contributed by atoms with Crippen molar-refractivity contribution in [2.75, 3.05) is 0 Å². The van der Waals surface area contributed by atoms with Gasteiger partial charge in [-0.2, -0.15) is 0 Å². The molecule has 0 spiro atoms. The smallest absolute Gasteiger partial charge is 0.244 e. The van der Waals surface area contributed by atoms with Crippen LogP contribution in [0.15, 0.2) is 66.2 Å². The van der Waals surface area contributed by atoms with Gasteiger partial charge in [0, 0.05) is 12.0 Å². The van der Waals surface area contributed by atoms with E-state index in [0.29, 0.717) is 12.0 Å². The molecule has 18 heavy (non-hydrogen) atoms. The number of carbonyl (C=O) groups is 1. The molecule has 0 atom stereocenters. The van der Waals surface area contributed by atoms with Crippen LogP contribution in [0.25, 0.3) is 6.08 Å². The molecule has 0 bridgehead atoms. The van der Waals surface area contributed by atoms with Gasteiger partial charge in [-0.15, -0.1) is 0 Å². The van der Waals surface area contributed by atoms with Crippen molar-refractivity contribution in [2.45, 2.75) is 6.42 Å². The lowest BCUT2D eigenvalue weighted by Gasteiger charge is -2.04. The molecule has 0 saturated carbocycles. The molecule has 0 saturated heterocycles. The SMILES string of the molecule is NC(=O)C(=Cc1ccccc1)Cc1ccccc1. The third kappa shape index (κ3) is 3.32. The van der Waals surface area contributed by atoms with Crippen LogP contribution in [0.1, 0.15) is 11.1 Å². The average Bonchev–Trinajstić information content (AvgIpc) is 2.40. The maximum absolute atomic E-state index is 11.5. The van der Waals surface area contributed by atoms with E-state index in [1.165, 1.54) is 0 Å². The molecule has 0 radical (unpaired) electrons. The van der Waals surface area contributed by atoms with Gasteiger partial charge < -0.3 is 5.73 Å². The highest BCUT2D eigenvalue weighted by Crippen LogP contribution is 2.12. The number of nitrogens with two attached hydrogens (primary N) is 1. The number of amides is 1. The fourth-order valence-corrected chi connectivity index (χ4v) is 1.78. The number of primary amides is 1. The zero-order chi connectivity index (χ0) is 12.8. The molecule has 90 valence electrons. The molecule has 0 fully saturated rings. The Kier molecular flexibility index (Phi) is 3.92. The molecule has 0 aromatic heterocycles. The van der Waals surface area contributed by atoms with E-state index in [1.54, 1.807) is 0 Å². The van der Waals surface area contributed by atoms with Crippen LogP contribution in [0.2, 0.25) is 0 Å². The maximum atomic E-state index is 11.5. The van der Waals surface area contributed by atoms with Gasteiger partial charge in [0.1, 0.15) is 0 Å². The van der Waals surface area contributed by atoms with Crippen LogP contribution < -0.4 is 5.73 Å². The molecule has 0 aliphatic heterocycles. The van der Waals surface area contributed by atoms with E-state index in [2.05, 4.69) is 0 Å². The second kappa shape index (κ2) is 5.82. The summed E-state index contributed by atoms with van der Waals surface area (Å²) in [6, 6.07) is 19.6. The molecule has 2 aromatic rings. The van der Waals surface area contributed by atoms with E-state index >= 15 is 0 Å². The van der Waals surface area contributed by atoms with Crippen LogP contribution in [-0.2, 0) is 11.2 Å². The van der Waals surface area contributed by atoms with Gasteiger partial charge >= 0.3 is 0 Å². The Labute approximate surface area is 107 Å². The minimum atomic E-state index is -0.372. The fraction of sp³-hybridized carbons (Fsp3) is 0.0625. The zero-order valence-electron chi connectivity index (χ0n) is 10.0. The van der Waals surface area contributed by atoms with Crippen LogP contribution in [-0.4, -0.2) is 5.91 Å². The van der Waals surface area contributed by atoms with Gasteiger partial charge in [0.15, 0.2) is 0 Å². The van der Waals surface area contributed by atoms with E-state index in [9.17, 15) is 4.79 Å². The summed E-state index contributed by atoms with van der Waals surface area (Å²) < 4.78 is 0. The summed E-state index contributed by atoms with van der Waals surface area (Å²) in [5, 5.41) is 0. The standard InChI is InChI=1S/C16H15NO/c17-16(18)15(11-13-7-3-1-4-8-13)12-14-9-5-2-6-10-14/h1-11H,12H2,(H2,17,18). The number of carbonyl (C=O) groups excluding carboxylic acids is 1. The van der Waals surface area contributed by atoms with Crippen LogP contribution in [0.4, 0.5) is 0 Å². The quantitative estimate of drug-likeness (QED) is 0.816. The van der Waals surface area contributed by atoms with E-state index in [1.807, 2.05) is 66.7 Å². The van der Waals surface area contributed by atoms with Crippen LogP contribution in [0.3, 0.4) is 0 Å². The molecule has 2 N–H and O–H groups in total. The van der Waals surface area contributed by atoms with Crippen LogP contribution >= 0.6 is 0 Å². The second-order valence-corrected chi connectivity index (χ2v) is 4.11. The molecule has 0 aliphatic carbocycles. The van der Waals surface area contributed by atoms with Crippen molar-refractivity contribution in [2.24, 2.45) is 5.73 Å². The lowest BCUT2D eigenvalue weighted by atomic mass is 10.0. The molecule has 0 aliphatic rings. The summed E-state index contributed by atoms with van der Waals surface area (Å²) in [5.41, 5.74) is 8.11. The van der Waals surface area contributed by atoms with E-state index in [-0.39, 0.29) is 5.91 Å². The molecule has 0 heterocycles. The van der Waals surface area contributed by atoms with Gasteiger partial charge in [-0.3, -0.25) is 4.79 Å². The summed E-state index contributed by atoms with van der Waals surface area (Å²) in [5.74, 6) is -0.372. The molecule has 2 rings (SSSR count). The lowest BCUT2D eigenvalue weighted by molar-refractivity contribution is -0.114. The molecular weight excluding hydrogens is 222 g/mol. The molecule has 0 unspecified atom stereocenters. The highest BCUT2D eigenvalue weighted by Gasteiger charge is 2.06. The summed E-state index contributed by atoms with van der Waals surface area (Å²) >= 11 is 0. The summed E-state index contributed by atoms with van der Waals surface area (Å²) in [4.78, 5) is 11.5. The summed E-state index contributed by atoms with van der Waals surface area (Å²) in [6.07, 6.45) is 2.40. The predicted octanol–water partition coefficient (Wildman–Crippen LogP) is 2.80. The Hall–Kier alpha value is -2.35. The molecule has 2 nitrogen and oxygen atoms in total. The predicted molar refractivity (Wildman–Crippen MR) is 73.8 cm³/mol. The second-order valence-electron chi connectivity index (χ2n) is 4.11. The maximum Gasteiger partial charge on any atom is 0.244 e. The average molecular weight is 237 g/mol. The van der Waals surface area contributed by atoms with Gasteiger partial charge in [0.2, 0.25) is 5.91 Å². The van der Waals surface area contributed by atoms with Gasteiger partial charge in [-0.1, -0.05) is 60.7 Å². The van der Waals surface area contributed by atoms with Crippen LogP contribution in [0.5, 0.6) is 0 Å². The minimum Gasteiger partial charge on any atom is -0.366 e. The van der Waals surface area contributed by atoms with Crippen molar-refractivity contribution >= 4 is 12.0 Å². The van der Waals surface area contributed by atoms with Crippen molar-refractivity contribution in [3.63, 3.8) is 0 Å². The third-order valence-electron chi connectivity index (χ3n) is 2.69. The van der Waals surface area contributed by atoms with Crippen molar-refractivity contribution in [1.29, 1.82) is 0 Å². The third-order valence-corrected chi connectivity index (χ3v) is 2.69. The number of benzene rings is 2. The van der Waals surface area contributed by atoms with E-state index in [0.717, 1.165) is 11.1 Å². The Morgan fingerprint density at radius 2 is 1.50 bits per heavy atom. The van der Waals surface area contributed by atoms with Gasteiger partial charge in [-0.05, 0) is 17.2 Å². The van der Waals surface area contributed by atoms with Gasteiger partial charge in [0.25, 0.3) is 0 Å². The van der Waals surface area contributed by atoms with Gasteiger partial charge in [0.05, 0.1) is 0 Å². The highest BCUT2D eigenvalue weighted by atomic mass is 16.1. The first-order valence-corrected chi connectivity index (χ1v) is 5.85. The Bertz CT molecular complexity index is 544. The number of rotatable bonds is 4. The highest BCUT2D eigenvalue weighted by molar-refractivity contribution is 5.97. The first kappa shape index (κ1) is 12.1. The number of hydrogen-bond acceptors (Lipinski definition) is 1. The molecule has 2 aromatic carbocycles. The normalized spacial score (nSPS) is 11.2. The van der Waals surface area contributed by atoms with Gasteiger partial charge in [-0.25, -0.2) is 0 Å². The first-order chi connectivity index (χ1) is 8.75. The van der Waals surface area contributed by atoms with E-state index in [4.69, 9.17) is 5.73 Å². The first-order valence-electron chi connectivity index (χ1n) is 5.85. The Balaban J connectivity index is 2.25. The van der Waals surface area contributed by atoms with Crippen molar-refractivity contribution < 1.29 is 4.79 Å². The van der Waals surface area contributed by atoms with E-state index < -0.39 is 0 Å². The van der Waals surface area contributed by atoms with Crippen LogP contribution in [0, 0.1) is 0 Å². The number of hydrogen-bond donors (Lipinski definition) is 1. The summed E-state index contributed by atoms with van der Waals surface area (Å²) in [7, 11) is 0. The Morgan fingerprint density at radius 3 is 2.06 bits per heavy atom. The fourth-order valence-electron chi connectivity index (χ4n) is 1.78. The van der Waals surface area contributed by atoms with Crippen molar-refractivity contribution in [3.05, 3.63) is 77.4 Å². The summed E-state index contributed by atoms with van der Waals surface area (Å²) in [6.45, 7) is 0. The molecule has 2 heteroatoms. The molecule has 1 amide bonds.